The molecule has 4 heteroatoms. The van der Waals surface area contributed by atoms with Crippen LogP contribution in [0.25, 0.3) is 0 Å². The van der Waals surface area contributed by atoms with E-state index in [0.29, 0.717) is 6.54 Å². The van der Waals surface area contributed by atoms with Gasteiger partial charge in [-0.05, 0) is 27.2 Å². The van der Waals surface area contributed by atoms with Gasteiger partial charge in [0.25, 0.3) is 0 Å². The molecule has 0 fully saturated rings. The third-order valence-electron chi connectivity index (χ3n) is 1.73. The molecule has 0 rings (SSSR count). The number of hydrogen-bond acceptors (Lipinski definition) is 3. The summed E-state index contributed by atoms with van der Waals surface area (Å²) < 4.78 is 5.18. The first kappa shape index (κ1) is 13.9. The van der Waals surface area contributed by atoms with Crippen LogP contribution in [-0.2, 0) is 9.53 Å². The van der Waals surface area contributed by atoms with E-state index in [4.69, 9.17) is 4.74 Å². The molecule has 0 saturated heterocycles. The Balaban J connectivity index is 4.21. The number of ether oxygens (including phenoxy) is 1. The van der Waals surface area contributed by atoms with Crippen molar-refractivity contribution in [3.63, 3.8) is 0 Å². The Morgan fingerprint density at radius 3 is 2.40 bits per heavy atom. The molecule has 88 valence electrons. The molecule has 1 amide bonds. The molecule has 0 aromatic carbocycles. The van der Waals surface area contributed by atoms with Gasteiger partial charge >= 0.3 is 6.09 Å². The molecule has 0 spiro atoms. The molecular formula is C11H21NO3. The van der Waals surface area contributed by atoms with Crippen LogP contribution in [0.2, 0.25) is 0 Å². The number of amides is 1. The average Bonchev–Trinajstić information content (AvgIpc) is 2.09. The van der Waals surface area contributed by atoms with Crippen LogP contribution < -0.4 is 0 Å². The van der Waals surface area contributed by atoms with Gasteiger partial charge in [0.15, 0.2) is 0 Å². The highest BCUT2D eigenvalue weighted by Gasteiger charge is 2.21. The Morgan fingerprint density at radius 2 is 2.00 bits per heavy atom. The molecule has 0 radical (unpaired) electrons. The third-order valence-corrected chi connectivity index (χ3v) is 1.73. The standard InChI is InChI=1S/C11H21NO3/c1-5-6-7-12(8-9-13)10(14)15-11(2,3)4/h9H,5-8H2,1-4H3. The number of carbonyl (C=O) groups excluding carboxylic acids is 2. The molecular weight excluding hydrogens is 194 g/mol. The minimum absolute atomic E-state index is 0.106. The van der Waals surface area contributed by atoms with Gasteiger partial charge in [-0.15, -0.1) is 0 Å². The summed E-state index contributed by atoms with van der Waals surface area (Å²) in [7, 11) is 0. The van der Waals surface area contributed by atoms with E-state index >= 15 is 0 Å². The van der Waals surface area contributed by atoms with Crippen LogP contribution in [0.1, 0.15) is 40.5 Å². The Labute approximate surface area is 91.6 Å². The Kier molecular flexibility index (Phi) is 5.97. The smallest absolute Gasteiger partial charge is 0.410 e. The lowest BCUT2D eigenvalue weighted by Gasteiger charge is -2.25. The van der Waals surface area contributed by atoms with Gasteiger partial charge < -0.3 is 14.4 Å². The zero-order chi connectivity index (χ0) is 11.9. The number of aldehydes is 1. The van der Waals surface area contributed by atoms with Crippen molar-refractivity contribution in [2.45, 2.75) is 46.1 Å². The molecule has 0 aliphatic carbocycles. The second-order valence-electron chi connectivity index (χ2n) is 4.45. The summed E-state index contributed by atoms with van der Waals surface area (Å²) in [6.45, 7) is 8.14. The second kappa shape index (κ2) is 6.43. The lowest BCUT2D eigenvalue weighted by atomic mass is 10.2. The maximum atomic E-state index is 11.6. The highest BCUT2D eigenvalue weighted by Crippen LogP contribution is 2.10. The van der Waals surface area contributed by atoms with Crippen molar-refractivity contribution in [2.24, 2.45) is 0 Å². The average molecular weight is 215 g/mol. The monoisotopic (exact) mass is 215 g/mol. The topological polar surface area (TPSA) is 46.6 Å². The predicted octanol–water partition coefficient (Wildman–Crippen LogP) is 2.22. The van der Waals surface area contributed by atoms with Gasteiger partial charge in [0, 0.05) is 6.54 Å². The molecule has 0 aromatic heterocycles. The summed E-state index contributed by atoms with van der Waals surface area (Å²) in [5, 5.41) is 0. The van der Waals surface area contributed by atoms with E-state index in [1.54, 1.807) is 0 Å². The van der Waals surface area contributed by atoms with E-state index in [9.17, 15) is 9.59 Å². The minimum atomic E-state index is -0.509. The van der Waals surface area contributed by atoms with Gasteiger partial charge in [-0.2, -0.15) is 0 Å². The number of unbranched alkanes of at least 4 members (excludes halogenated alkanes) is 1. The molecule has 0 unspecified atom stereocenters. The largest absolute Gasteiger partial charge is 0.444 e. The van der Waals surface area contributed by atoms with Crippen molar-refractivity contribution in [2.75, 3.05) is 13.1 Å². The molecule has 0 aliphatic rings. The van der Waals surface area contributed by atoms with Crippen LogP contribution >= 0.6 is 0 Å². The van der Waals surface area contributed by atoms with Gasteiger partial charge in [0.2, 0.25) is 0 Å². The fourth-order valence-corrected chi connectivity index (χ4v) is 1.02. The van der Waals surface area contributed by atoms with Crippen molar-refractivity contribution in [3.8, 4) is 0 Å². The van der Waals surface area contributed by atoms with Crippen LogP contribution in [0.3, 0.4) is 0 Å². The van der Waals surface area contributed by atoms with Crippen LogP contribution in [-0.4, -0.2) is 36.0 Å². The zero-order valence-corrected chi connectivity index (χ0v) is 10.1. The first-order valence-corrected chi connectivity index (χ1v) is 5.32. The summed E-state index contributed by atoms with van der Waals surface area (Å²) in [4.78, 5) is 23.4. The van der Waals surface area contributed by atoms with Crippen LogP contribution in [0.15, 0.2) is 0 Å². The molecule has 0 N–H and O–H groups in total. The van der Waals surface area contributed by atoms with Gasteiger partial charge in [0.1, 0.15) is 11.9 Å². The van der Waals surface area contributed by atoms with Gasteiger partial charge in [-0.3, -0.25) is 0 Å². The minimum Gasteiger partial charge on any atom is -0.444 e. The summed E-state index contributed by atoms with van der Waals surface area (Å²) in [6, 6.07) is 0. The van der Waals surface area contributed by atoms with Crippen molar-refractivity contribution >= 4 is 12.4 Å². The van der Waals surface area contributed by atoms with Crippen molar-refractivity contribution < 1.29 is 14.3 Å². The molecule has 0 heterocycles. The van der Waals surface area contributed by atoms with Crippen molar-refractivity contribution in [1.82, 2.24) is 4.90 Å². The van der Waals surface area contributed by atoms with Crippen LogP contribution in [0.4, 0.5) is 4.79 Å². The second-order valence-corrected chi connectivity index (χ2v) is 4.45. The Morgan fingerprint density at radius 1 is 1.40 bits per heavy atom. The first-order valence-electron chi connectivity index (χ1n) is 5.32. The van der Waals surface area contributed by atoms with Crippen molar-refractivity contribution in [1.29, 1.82) is 0 Å². The lowest BCUT2D eigenvalue weighted by molar-refractivity contribution is -0.109. The summed E-state index contributed by atoms with van der Waals surface area (Å²) in [6.07, 6.45) is 2.17. The highest BCUT2D eigenvalue weighted by molar-refractivity contribution is 5.71. The van der Waals surface area contributed by atoms with Gasteiger partial charge in [-0.25, -0.2) is 4.79 Å². The summed E-state index contributed by atoms with van der Waals surface area (Å²) >= 11 is 0. The van der Waals surface area contributed by atoms with Crippen LogP contribution in [0.5, 0.6) is 0 Å². The Bertz CT molecular complexity index is 208. The van der Waals surface area contributed by atoms with Gasteiger partial charge in [0.05, 0.1) is 6.54 Å². The maximum Gasteiger partial charge on any atom is 0.410 e. The molecule has 0 saturated carbocycles. The fraction of sp³-hybridized carbons (Fsp3) is 0.818. The molecule has 0 atom stereocenters. The number of carbonyl (C=O) groups is 2. The molecule has 15 heavy (non-hydrogen) atoms. The van der Waals surface area contributed by atoms with Crippen LogP contribution in [0, 0.1) is 0 Å². The fourth-order valence-electron chi connectivity index (χ4n) is 1.02. The van der Waals surface area contributed by atoms with Gasteiger partial charge in [-0.1, -0.05) is 13.3 Å². The number of hydrogen-bond donors (Lipinski definition) is 0. The van der Waals surface area contributed by atoms with E-state index < -0.39 is 11.7 Å². The van der Waals surface area contributed by atoms with E-state index in [1.807, 2.05) is 27.7 Å². The quantitative estimate of drug-likeness (QED) is 0.661. The zero-order valence-electron chi connectivity index (χ0n) is 10.1. The van der Waals surface area contributed by atoms with E-state index in [2.05, 4.69) is 0 Å². The predicted molar refractivity (Wildman–Crippen MR) is 58.8 cm³/mol. The van der Waals surface area contributed by atoms with Crippen molar-refractivity contribution in [3.05, 3.63) is 0 Å². The normalized spacial score (nSPS) is 10.9. The highest BCUT2D eigenvalue weighted by atomic mass is 16.6. The Hall–Kier alpha value is -1.06. The maximum absolute atomic E-state index is 11.6. The molecule has 0 bridgehead atoms. The van der Waals surface area contributed by atoms with E-state index in [0.717, 1.165) is 19.1 Å². The SMILES string of the molecule is CCCCN(CC=O)C(=O)OC(C)(C)C. The number of nitrogens with zero attached hydrogens (tertiary/aromatic N) is 1. The summed E-state index contributed by atoms with van der Waals surface area (Å²) in [5.74, 6) is 0. The molecule has 0 aliphatic heterocycles. The summed E-state index contributed by atoms with van der Waals surface area (Å²) in [5.41, 5.74) is -0.509. The molecule has 4 nitrogen and oxygen atoms in total. The van der Waals surface area contributed by atoms with E-state index in [1.165, 1.54) is 4.90 Å². The third kappa shape index (κ3) is 6.94. The first-order chi connectivity index (χ1) is 6.90. The number of rotatable bonds is 5. The lowest BCUT2D eigenvalue weighted by Crippen LogP contribution is -2.38. The molecule has 0 aromatic rings. The van der Waals surface area contributed by atoms with E-state index in [-0.39, 0.29) is 6.54 Å².